The van der Waals surface area contributed by atoms with Gasteiger partial charge in [0, 0.05) is 35.2 Å². The maximum absolute atomic E-state index is 12.7. The van der Waals surface area contributed by atoms with Gasteiger partial charge in [-0.15, -0.1) is 0 Å². The van der Waals surface area contributed by atoms with Gasteiger partial charge in [0.1, 0.15) is 0 Å². The first kappa shape index (κ1) is 19.1. The Morgan fingerprint density at radius 3 is 2.57 bits per heavy atom. The lowest BCUT2D eigenvalue weighted by atomic mass is 9.95. The molecule has 2 amide bonds. The maximum Gasteiger partial charge on any atom is 0.255 e. The lowest BCUT2D eigenvalue weighted by Crippen LogP contribution is -2.41. The van der Waals surface area contributed by atoms with Crippen LogP contribution in [0.2, 0.25) is 5.02 Å². The Morgan fingerprint density at radius 2 is 1.82 bits per heavy atom. The molecule has 2 aliphatic heterocycles. The second kappa shape index (κ2) is 8.01. The molecule has 1 N–H and O–H groups in total. The minimum atomic E-state index is -0.144. The molecule has 2 aromatic carbocycles. The highest BCUT2D eigenvalue weighted by Gasteiger charge is 2.29. The number of nitrogens with zero attached hydrogens (tertiary/aromatic N) is 1. The minimum absolute atomic E-state index is 0.0485. The first-order chi connectivity index (χ1) is 13.5. The first-order valence-corrected chi connectivity index (χ1v) is 10.1. The molecule has 4 rings (SSSR count). The average Bonchev–Trinajstić information content (AvgIpc) is 3.15. The molecular formula is C20H18BrClN2O4. The second-order valence-corrected chi connectivity index (χ2v) is 8.07. The van der Waals surface area contributed by atoms with E-state index in [-0.39, 0.29) is 24.5 Å². The Bertz CT molecular complexity index is 928. The van der Waals surface area contributed by atoms with Gasteiger partial charge >= 0.3 is 0 Å². The Kier molecular flexibility index (Phi) is 5.46. The molecule has 0 atom stereocenters. The van der Waals surface area contributed by atoms with Crippen molar-refractivity contribution in [1.29, 1.82) is 0 Å². The third-order valence-electron chi connectivity index (χ3n) is 4.95. The molecule has 0 spiro atoms. The fourth-order valence-electron chi connectivity index (χ4n) is 3.40. The van der Waals surface area contributed by atoms with E-state index in [9.17, 15) is 9.59 Å². The first-order valence-electron chi connectivity index (χ1n) is 8.96. The highest BCUT2D eigenvalue weighted by molar-refractivity contribution is 9.10. The summed E-state index contributed by atoms with van der Waals surface area (Å²) in [7, 11) is 0. The number of ether oxygens (including phenoxy) is 2. The summed E-state index contributed by atoms with van der Waals surface area (Å²) in [6, 6.07) is 10.5. The van der Waals surface area contributed by atoms with Gasteiger partial charge in [0.15, 0.2) is 11.5 Å². The number of piperidine rings is 1. The number of likely N-dealkylation sites (tertiary alicyclic amines) is 1. The van der Waals surface area contributed by atoms with Gasteiger partial charge in [-0.3, -0.25) is 9.59 Å². The van der Waals surface area contributed by atoms with Crippen LogP contribution in [0.1, 0.15) is 23.2 Å². The lowest BCUT2D eigenvalue weighted by Gasteiger charge is -2.31. The average molecular weight is 466 g/mol. The van der Waals surface area contributed by atoms with Crippen LogP contribution in [0.3, 0.4) is 0 Å². The Hall–Kier alpha value is -2.25. The number of halogens is 2. The number of anilines is 1. The molecule has 1 fully saturated rings. The van der Waals surface area contributed by atoms with Gasteiger partial charge in [-0.05, 0) is 43.2 Å². The molecule has 0 unspecified atom stereocenters. The van der Waals surface area contributed by atoms with Crippen molar-refractivity contribution in [3.8, 4) is 11.5 Å². The van der Waals surface area contributed by atoms with E-state index < -0.39 is 0 Å². The van der Waals surface area contributed by atoms with Crippen molar-refractivity contribution >= 4 is 45.0 Å². The van der Waals surface area contributed by atoms with Crippen molar-refractivity contribution in [3.05, 3.63) is 51.5 Å². The molecule has 6 nitrogen and oxygen atoms in total. The normalized spacial score (nSPS) is 16.1. The topological polar surface area (TPSA) is 67.9 Å². The van der Waals surface area contributed by atoms with Crippen molar-refractivity contribution in [1.82, 2.24) is 4.90 Å². The van der Waals surface area contributed by atoms with E-state index in [2.05, 4.69) is 21.2 Å². The fourth-order valence-corrected chi connectivity index (χ4v) is 4.15. The summed E-state index contributed by atoms with van der Waals surface area (Å²) in [5.41, 5.74) is 1.16. The molecule has 0 radical (unpaired) electrons. The number of hydrogen-bond donors (Lipinski definition) is 1. The summed E-state index contributed by atoms with van der Waals surface area (Å²) in [5.74, 6) is 1.01. The summed E-state index contributed by atoms with van der Waals surface area (Å²) in [6.07, 6.45) is 1.21. The van der Waals surface area contributed by atoms with E-state index in [0.29, 0.717) is 53.7 Å². The molecule has 0 saturated carbocycles. The highest BCUT2D eigenvalue weighted by atomic mass is 79.9. The van der Waals surface area contributed by atoms with Crippen molar-refractivity contribution in [3.63, 3.8) is 0 Å². The molecule has 1 saturated heterocycles. The highest BCUT2D eigenvalue weighted by Crippen LogP contribution is 2.34. The Morgan fingerprint density at radius 1 is 1.07 bits per heavy atom. The number of amides is 2. The van der Waals surface area contributed by atoms with E-state index in [1.807, 2.05) is 0 Å². The molecule has 8 heteroatoms. The number of carbonyl (C=O) groups is 2. The summed E-state index contributed by atoms with van der Waals surface area (Å²) >= 11 is 9.53. The number of benzene rings is 2. The predicted octanol–water partition coefficient (Wildman–Crippen LogP) is 4.32. The molecule has 0 aliphatic carbocycles. The van der Waals surface area contributed by atoms with Gasteiger partial charge in [-0.2, -0.15) is 0 Å². The summed E-state index contributed by atoms with van der Waals surface area (Å²) < 4.78 is 11.4. The van der Waals surface area contributed by atoms with Crippen LogP contribution < -0.4 is 14.8 Å². The molecular weight excluding hydrogens is 448 g/mol. The zero-order valence-corrected chi connectivity index (χ0v) is 17.3. The van der Waals surface area contributed by atoms with E-state index >= 15 is 0 Å². The van der Waals surface area contributed by atoms with Crippen LogP contribution in [0.15, 0.2) is 40.9 Å². The zero-order chi connectivity index (χ0) is 19.7. The monoisotopic (exact) mass is 464 g/mol. The smallest absolute Gasteiger partial charge is 0.255 e. The van der Waals surface area contributed by atoms with Gasteiger partial charge in [0.2, 0.25) is 12.7 Å². The van der Waals surface area contributed by atoms with E-state index in [1.165, 1.54) is 0 Å². The van der Waals surface area contributed by atoms with E-state index in [4.69, 9.17) is 21.1 Å². The number of nitrogens with one attached hydrogen (secondary N) is 1. The van der Waals surface area contributed by atoms with Gasteiger partial charge in [-0.25, -0.2) is 0 Å². The lowest BCUT2D eigenvalue weighted by molar-refractivity contribution is -0.121. The minimum Gasteiger partial charge on any atom is -0.454 e. The van der Waals surface area contributed by atoms with E-state index in [1.54, 1.807) is 41.3 Å². The number of fused-ring (bicyclic) bond motifs is 1. The third-order valence-corrected chi connectivity index (χ3v) is 5.76. The molecule has 0 aromatic heterocycles. The maximum atomic E-state index is 12.7. The van der Waals surface area contributed by atoms with Gasteiger partial charge < -0.3 is 19.7 Å². The summed E-state index contributed by atoms with van der Waals surface area (Å²) in [6.45, 7) is 1.23. The van der Waals surface area contributed by atoms with Crippen LogP contribution in [0.25, 0.3) is 0 Å². The third kappa shape index (κ3) is 3.95. The second-order valence-electron chi connectivity index (χ2n) is 6.75. The number of carbonyl (C=O) groups excluding carboxylic acids is 2. The summed E-state index contributed by atoms with van der Waals surface area (Å²) in [5, 5.41) is 3.35. The van der Waals surface area contributed by atoms with Crippen molar-refractivity contribution in [2.75, 3.05) is 25.2 Å². The van der Waals surface area contributed by atoms with Crippen LogP contribution in [-0.4, -0.2) is 36.6 Å². The zero-order valence-electron chi connectivity index (χ0n) is 14.9. The summed E-state index contributed by atoms with van der Waals surface area (Å²) in [4.78, 5) is 27.0. The Labute approximate surface area is 175 Å². The van der Waals surface area contributed by atoms with Crippen LogP contribution in [-0.2, 0) is 4.79 Å². The largest absolute Gasteiger partial charge is 0.454 e. The Balaban J connectivity index is 1.34. The molecule has 0 bridgehead atoms. The van der Waals surface area contributed by atoms with Gasteiger partial charge in [-0.1, -0.05) is 27.5 Å². The van der Waals surface area contributed by atoms with Crippen LogP contribution in [0.4, 0.5) is 5.69 Å². The number of hydrogen-bond acceptors (Lipinski definition) is 4. The van der Waals surface area contributed by atoms with Crippen LogP contribution in [0.5, 0.6) is 11.5 Å². The predicted molar refractivity (Wildman–Crippen MR) is 109 cm³/mol. The molecule has 28 heavy (non-hydrogen) atoms. The van der Waals surface area contributed by atoms with E-state index in [0.717, 1.165) is 4.47 Å². The van der Waals surface area contributed by atoms with Gasteiger partial charge in [0.05, 0.1) is 10.6 Å². The number of rotatable bonds is 3. The fraction of sp³-hybridized carbons (Fsp3) is 0.300. The quantitative estimate of drug-likeness (QED) is 0.733. The van der Waals surface area contributed by atoms with Crippen molar-refractivity contribution in [2.24, 2.45) is 5.92 Å². The standard InChI is InChI=1S/C20H18BrClN2O4/c21-13-1-3-15(16(22)9-13)20(26)24-7-5-12(6-8-24)19(25)23-14-2-4-17-18(10-14)28-11-27-17/h1-4,9-10,12H,5-8,11H2,(H,23,25). The molecule has 2 aromatic rings. The van der Waals surface area contributed by atoms with Crippen LogP contribution in [0, 0.1) is 5.92 Å². The molecule has 2 heterocycles. The van der Waals surface area contributed by atoms with Gasteiger partial charge in [0.25, 0.3) is 5.91 Å². The van der Waals surface area contributed by atoms with Crippen LogP contribution >= 0.6 is 27.5 Å². The van der Waals surface area contributed by atoms with Crippen molar-refractivity contribution in [2.45, 2.75) is 12.8 Å². The molecule has 146 valence electrons. The van der Waals surface area contributed by atoms with Crippen molar-refractivity contribution < 1.29 is 19.1 Å². The molecule has 2 aliphatic rings. The SMILES string of the molecule is O=C(Nc1ccc2c(c1)OCO2)C1CCN(C(=O)c2ccc(Br)cc2Cl)CC1.